The van der Waals surface area contributed by atoms with Crippen LogP contribution in [-0.4, -0.2) is 31.7 Å². The molecule has 2 N–H and O–H groups in total. The standard InChI is InChI=1S/C10H16N6/c1-3-5-11-10(9-7-12-15-13-9)8-4-6-16(2)14-8/h4,6-7,10-11H,3,5H2,1-2H3,(H,12,13,15). The first-order valence-electron chi connectivity index (χ1n) is 5.40. The van der Waals surface area contributed by atoms with E-state index in [1.54, 1.807) is 10.9 Å². The minimum absolute atomic E-state index is 0.0138. The molecule has 86 valence electrons. The Bertz CT molecular complexity index is 418. The monoisotopic (exact) mass is 220 g/mol. The fourth-order valence-electron chi connectivity index (χ4n) is 1.59. The molecule has 0 aromatic carbocycles. The fraction of sp³-hybridized carbons (Fsp3) is 0.500. The lowest BCUT2D eigenvalue weighted by Gasteiger charge is -2.13. The first-order valence-corrected chi connectivity index (χ1v) is 5.40. The Hall–Kier alpha value is -1.69. The summed E-state index contributed by atoms with van der Waals surface area (Å²) in [5, 5.41) is 18.4. The normalized spacial score (nSPS) is 12.9. The van der Waals surface area contributed by atoms with Crippen molar-refractivity contribution in [3.63, 3.8) is 0 Å². The number of H-pyrrole nitrogens is 1. The number of hydrogen-bond donors (Lipinski definition) is 2. The summed E-state index contributed by atoms with van der Waals surface area (Å²) < 4.78 is 1.79. The smallest absolute Gasteiger partial charge is 0.106 e. The van der Waals surface area contributed by atoms with Gasteiger partial charge in [0.25, 0.3) is 0 Å². The topological polar surface area (TPSA) is 71.4 Å². The van der Waals surface area contributed by atoms with E-state index >= 15 is 0 Å². The van der Waals surface area contributed by atoms with Crippen LogP contribution < -0.4 is 5.32 Å². The SMILES string of the molecule is CCCNC(c1cn[nH]n1)c1ccn(C)n1. The second kappa shape index (κ2) is 4.89. The maximum Gasteiger partial charge on any atom is 0.106 e. The van der Waals surface area contributed by atoms with Crippen LogP contribution in [0.5, 0.6) is 0 Å². The van der Waals surface area contributed by atoms with Crippen molar-refractivity contribution >= 4 is 0 Å². The number of aromatic amines is 1. The molecule has 6 heteroatoms. The molecule has 0 amide bonds. The molecule has 1 unspecified atom stereocenters. The quantitative estimate of drug-likeness (QED) is 0.775. The van der Waals surface area contributed by atoms with Crippen molar-refractivity contribution < 1.29 is 0 Å². The molecule has 0 aliphatic rings. The molecule has 2 aromatic heterocycles. The first kappa shape index (κ1) is 10.8. The van der Waals surface area contributed by atoms with Gasteiger partial charge in [-0.15, -0.1) is 0 Å². The van der Waals surface area contributed by atoms with Crippen LogP contribution in [0.3, 0.4) is 0 Å². The lowest BCUT2D eigenvalue weighted by molar-refractivity contribution is 0.563. The average Bonchev–Trinajstić information content (AvgIpc) is 2.91. The van der Waals surface area contributed by atoms with Crippen molar-refractivity contribution in [3.8, 4) is 0 Å². The Kier molecular flexibility index (Phi) is 3.31. The lowest BCUT2D eigenvalue weighted by Crippen LogP contribution is -2.24. The van der Waals surface area contributed by atoms with Crippen molar-refractivity contribution in [2.45, 2.75) is 19.4 Å². The van der Waals surface area contributed by atoms with Gasteiger partial charge >= 0.3 is 0 Å². The Morgan fingerprint density at radius 3 is 2.94 bits per heavy atom. The Labute approximate surface area is 94.1 Å². The molecule has 0 fully saturated rings. The second-order valence-corrected chi connectivity index (χ2v) is 3.70. The maximum absolute atomic E-state index is 4.39. The van der Waals surface area contributed by atoms with Crippen LogP contribution in [0.15, 0.2) is 18.5 Å². The zero-order chi connectivity index (χ0) is 11.4. The summed E-state index contributed by atoms with van der Waals surface area (Å²) in [5.41, 5.74) is 1.83. The summed E-state index contributed by atoms with van der Waals surface area (Å²) in [6.07, 6.45) is 4.72. The van der Waals surface area contributed by atoms with Crippen LogP contribution in [0.2, 0.25) is 0 Å². The van der Waals surface area contributed by atoms with Crippen molar-refractivity contribution in [2.24, 2.45) is 7.05 Å². The van der Waals surface area contributed by atoms with Gasteiger partial charge in [-0.3, -0.25) is 4.68 Å². The van der Waals surface area contributed by atoms with Gasteiger partial charge in [-0.05, 0) is 19.0 Å². The summed E-state index contributed by atoms with van der Waals surface area (Å²) in [5.74, 6) is 0. The molecule has 16 heavy (non-hydrogen) atoms. The van der Waals surface area contributed by atoms with E-state index in [2.05, 4.69) is 32.7 Å². The van der Waals surface area contributed by atoms with Crippen LogP contribution in [0.4, 0.5) is 0 Å². The number of aromatic nitrogens is 5. The number of hydrogen-bond acceptors (Lipinski definition) is 4. The van der Waals surface area contributed by atoms with E-state index in [0.717, 1.165) is 24.4 Å². The molecule has 2 aromatic rings. The Morgan fingerprint density at radius 2 is 2.38 bits per heavy atom. The zero-order valence-corrected chi connectivity index (χ0v) is 9.51. The van der Waals surface area contributed by atoms with Crippen LogP contribution in [0, 0.1) is 0 Å². The molecule has 0 radical (unpaired) electrons. The average molecular weight is 220 g/mol. The molecule has 0 aliphatic heterocycles. The molecular weight excluding hydrogens is 204 g/mol. The largest absolute Gasteiger partial charge is 0.304 e. The van der Waals surface area contributed by atoms with Gasteiger partial charge in [0.2, 0.25) is 0 Å². The van der Waals surface area contributed by atoms with E-state index in [-0.39, 0.29) is 6.04 Å². The Balaban J connectivity index is 2.21. The minimum atomic E-state index is 0.0138. The number of nitrogens with zero attached hydrogens (tertiary/aromatic N) is 4. The van der Waals surface area contributed by atoms with Crippen molar-refractivity contribution in [1.82, 2.24) is 30.5 Å². The molecule has 0 spiro atoms. The number of rotatable bonds is 5. The third-order valence-corrected chi connectivity index (χ3v) is 2.36. The van der Waals surface area contributed by atoms with Crippen LogP contribution in [-0.2, 0) is 7.05 Å². The highest BCUT2D eigenvalue weighted by Crippen LogP contribution is 2.17. The van der Waals surface area contributed by atoms with Gasteiger partial charge in [0.1, 0.15) is 5.69 Å². The maximum atomic E-state index is 4.39. The Morgan fingerprint density at radius 1 is 1.50 bits per heavy atom. The zero-order valence-electron chi connectivity index (χ0n) is 9.51. The second-order valence-electron chi connectivity index (χ2n) is 3.70. The molecule has 0 saturated heterocycles. The predicted molar refractivity (Wildman–Crippen MR) is 59.7 cm³/mol. The summed E-state index contributed by atoms with van der Waals surface area (Å²) in [6, 6.07) is 2.00. The summed E-state index contributed by atoms with van der Waals surface area (Å²) in [6.45, 7) is 3.05. The molecule has 0 saturated carbocycles. The van der Waals surface area contributed by atoms with Gasteiger partial charge in [-0.1, -0.05) is 6.92 Å². The van der Waals surface area contributed by atoms with Gasteiger partial charge in [0, 0.05) is 13.2 Å². The number of nitrogens with one attached hydrogen (secondary N) is 2. The van der Waals surface area contributed by atoms with Gasteiger partial charge in [-0.2, -0.15) is 20.5 Å². The van der Waals surface area contributed by atoms with Gasteiger partial charge in [0.15, 0.2) is 0 Å². The molecule has 2 rings (SSSR count). The molecule has 6 nitrogen and oxygen atoms in total. The molecule has 2 heterocycles. The fourth-order valence-corrected chi connectivity index (χ4v) is 1.59. The molecule has 0 bridgehead atoms. The number of aryl methyl sites for hydroxylation is 1. The summed E-state index contributed by atoms with van der Waals surface area (Å²) in [7, 11) is 1.91. The molecular formula is C10H16N6. The van der Waals surface area contributed by atoms with E-state index in [9.17, 15) is 0 Å². The van der Waals surface area contributed by atoms with E-state index < -0.39 is 0 Å². The summed E-state index contributed by atoms with van der Waals surface area (Å²) >= 11 is 0. The molecule has 0 aliphatic carbocycles. The van der Waals surface area contributed by atoms with Crippen LogP contribution in [0.1, 0.15) is 30.8 Å². The highest BCUT2D eigenvalue weighted by Gasteiger charge is 2.18. The van der Waals surface area contributed by atoms with E-state index in [1.807, 2.05) is 19.3 Å². The van der Waals surface area contributed by atoms with E-state index in [4.69, 9.17) is 0 Å². The first-order chi connectivity index (χ1) is 7.81. The predicted octanol–water partition coefficient (Wildman–Crippen LogP) is 0.627. The van der Waals surface area contributed by atoms with Gasteiger partial charge in [0.05, 0.1) is 17.9 Å². The van der Waals surface area contributed by atoms with Crippen molar-refractivity contribution in [3.05, 3.63) is 29.8 Å². The third-order valence-electron chi connectivity index (χ3n) is 2.36. The van der Waals surface area contributed by atoms with Crippen molar-refractivity contribution in [1.29, 1.82) is 0 Å². The minimum Gasteiger partial charge on any atom is -0.304 e. The summed E-state index contributed by atoms with van der Waals surface area (Å²) in [4.78, 5) is 0. The van der Waals surface area contributed by atoms with Gasteiger partial charge < -0.3 is 5.32 Å². The third kappa shape index (κ3) is 2.27. The van der Waals surface area contributed by atoms with E-state index in [1.165, 1.54) is 0 Å². The highest BCUT2D eigenvalue weighted by atomic mass is 15.3. The van der Waals surface area contributed by atoms with Crippen molar-refractivity contribution in [2.75, 3.05) is 6.54 Å². The van der Waals surface area contributed by atoms with Crippen LogP contribution in [0.25, 0.3) is 0 Å². The van der Waals surface area contributed by atoms with E-state index in [0.29, 0.717) is 0 Å². The highest BCUT2D eigenvalue weighted by molar-refractivity contribution is 5.17. The van der Waals surface area contributed by atoms with Gasteiger partial charge in [-0.25, -0.2) is 0 Å². The molecule has 1 atom stereocenters. The van der Waals surface area contributed by atoms with Crippen LogP contribution >= 0.6 is 0 Å². The lowest BCUT2D eigenvalue weighted by atomic mass is 10.1.